The third-order valence-electron chi connectivity index (χ3n) is 1.50. The smallest absolute Gasteiger partial charge is 0.376 e. The first-order valence-corrected chi connectivity index (χ1v) is 5.97. The Kier molecular flexibility index (Phi) is 6.27. The molecule has 0 aliphatic heterocycles. The minimum atomic E-state index is -3.41. The molecule has 0 aliphatic carbocycles. The van der Waals surface area contributed by atoms with Crippen LogP contribution in [0.5, 0.6) is 5.75 Å². The molecule has 74 valence electrons. The molecule has 5 heteroatoms. The molecule has 0 saturated heterocycles. The zero-order chi connectivity index (χ0) is 9.73. The number of benzene rings is 1. The fourth-order valence-corrected chi connectivity index (χ4v) is 2.08. The van der Waals surface area contributed by atoms with Gasteiger partial charge < -0.3 is 9.42 Å². The van der Waals surface area contributed by atoms with Crippen molar-refractivity contribution in [1.29, 1.82) is 0 Å². The predicted octanol–water partition coefficient (Wildman–Crippen LogP) is 2.66. The maximum absolute atomic E-state index is 11.3. The van der Waals surface area contributed by atoms with E-state index in [1.54, 1.807) is 24.3 Å². The first-order valence-electron chi connectivity index (χ1n) is 4.20. The molecule has 0 saturated carbocycles. The van der Waals surface area contributed by atoms with E-state index < -0.39 is 7.60 Å². The van der Waals surface area contributed by atoms with Gasteiger partial charge in [0.1, 0.15) is 5.75 Å². The molecule has 0 bridgehead atoms. The Bertz CT molecular complexity index is 302. The summed E-state index contributed by atoms with van der Waals surface area (Å²) in [6, 6.07) is 8.69. The Morgan fingerprint density at radius 3 is 2.43 bits per heavy atom. The maximum Gasteiger partial charge on any atom is 0.376 e. The van der Waals surface area contributed by atoms with Gasteiger partial charge >= 0.3 is 7.60 Å². The number of para-hydroxylation sites is 1. The molecule has 1 rings (SSSR count). The van der Waals surface area contributed by atoms with Gasteiger partial charge in [-0.15, -0.1) is 0 Å². The monoisotopic (exact) mass is 264 g/mol. The molecule has 0 aromatic heterocycles. The summed E-state index contributed by atoms with van der Waals surface area (Å²) in [4.78, 5) is 9.30. The molecule has 1 aromatic rings. The molecule has 1 atom stereocenters. The summed E-state index contributed by atoms with van der Waals surface area (Å²) in [7, 11) is -3.41. The van der Waals surface area contributed by atoms with Gasteiger partial charge in [0.05, 0.1) is 6.16 Å². The summed E-state index contributed by atoms with van der Waals surface area (Å²) in [6.07, 6.45) is 0.836. The van der Waals surface area contributed by atoms with Crippen molar-refractivity contribution in [2.75, 3.05) is 6.16 Å². The van der Waals surface area contributed by atoms with Crippen LogP contribution in [0.3, 0.4) is 0 Å². The standard InChI is InChI=1S/C9H13O3P.Zn/c1-2-8-13(10,11)12-9-6-4-3-5-7-9;/h3-7H,2,8H2,1H3,(H,10,11);. The van der Waals surface area contributed by atoms with E-state index in [9.17, 15) is 9.46 Å². The van der Waals surface area contributed by atoms with Crippen molar-refractivity contribution in [2.45, 2.75) is 13.3 Å². The van der Waals surface area contributed by atoms with E-state index >= 15 is 0 Å². The van der Waals surface area contributed by atoms with Crippen molar-refractivity contribution >= 4 is 7.60 Å². The molecule has 0 heterocycles. The molecule has 0 aliphatic rings. The van der Waals surface area contributed by atoms with Gasteiger partial charge in [-0.25, -0.2) is 4.57 Å². The van der Waals surface area contributed by atoms with Gasteiger partial charge in [0, 0.05) is 19.5 Å². The number of rotatable bonds is 4. The quantitative estimate of drug-likeness (QED) is 0.672. The summed E-state index contributed by atoms with van der Waals surface area (Å²) < 4.78 is 16.3. The zero-order valence-electron chi connectivity index (χ0n) is 8.22. The number of hydrogen-bond donors (Lipinski definition) is 1. The molecule has 3 nitrogen and oxygen atoms in total. The summed E-state index contributed by atoms with van der Waals surface area (Å²) in [5.74, 6) is 0.446. The number of hydrogen-bond acceptors (Lipinski definition) is 2. The average Bonchev–Trinajstić information content (AvgIpc) is 2.04. The van der Waals surface area contributed by atoms with Crippen molar-refractivity contribution in [3.63, 3.8) is 0 Å². The zero-order valence-corrected chi connectivity index (χ0v) is 12.1. The molecule has 0 radical (unpaired) electrons. The van der Waals surface area contributed by atoms with Gasteiger partial charge in [0.25, 0.3) is 0 Å². The van der Waals surface area contributed by atoms with Gasteiger partial charge in [-0.2, -0.15) is 0 Å². The summed E-state index contributed by atoms with van der Waals surface area (Å²) in [5, 5.41) is 0. The van der Waals surface area contributed by atoms with E-state index in [1.807, 2.05) is 13.0 Å². The van der Waals surface area contributed by atoms with Crippen LogP contribution in [0.1, 0.15) is 13.3 Å². The Morgan fingerprint density at radius 1 is 1.36 bits per heavy atom. The van der Waals surface area contributed by atoms with Crippen LogP contribution in [0.2, 0.25) is 0 Å². The Hall–Kier alpha value is -0.167. The largest absolute Gasteiger partial charge is 0.424 e. The maximum atomic E-state index is 11.3. The Morgan fingerprint density at radius 2 is 1.93 bits per heavy atom. The molecule has 1 unspecified atom stereocenters. The van der Waals surface area contributed by atoms with Gasteiger partial charge in [-0.3, -0.25) is 0 Å². The van der Waals surface area contributed by atoms with Crippen LogP contribution in [-0.2, 0) is 24.0 Å². The van der Waals surface area contributed by atoms with Crippen LogP contribution < -0.4 is 4.52 Å². The topological polar surface area (TPSA) is 46.5 Å². The van der Waals surface area contributed by atoms with Crippen LogP contribution in [0, 0.1) is 0 Å². The second-order valence-electron chi connectivity index (χ2n) is 2.77. The second kappa shape index (κ2) is 6.34. The Balaban J connectivity index is 0.00000169. The average molecular weight is 266 g/mol. The molecular formula is C9H13O3PZn. The van der Waals surface area contributed by atoms with Crippen LogP contribution in [-0.4, -0.2) is 11.1 Å². The molecule has 1 aromatic carbocycles. The van der Waals surface area contributed by atoms with E-state index in [-0.39, 0.29) is 25.6 Å². The summed E-state index contributed by atoms with van der Waals surface area (Å²) in [6.45, 7) is 1.84. The third-order valence-corrected chi connectivity index (χ3v) is 3.01. The second-order valence-corrected chi connectivity index (χ2v) is 4.67. The van der Waals surface area contributed by atoms with E-state index in [1.165, 1.54) is 0 Å². The van der Waals surface area contributed by atoms with Gasteiger partial charge in [0.2, 0.25) is 0 Å². The van der Waals surface area contributed by atoms with Gasteiger partial charge in [-0.1, -0.05) is 25.1 Å². The Labute approximate surface area is 96.8 Å². The van der Waals surface area contributed by atoms with Crippen LogP contribution in [0.4, 0.5) is 0 Å². The van der Waals surface area contributed by atoms with E-state index in [0.29, 0.717) is 12.2 Å². The fourth-order valence-electron chi connectivity index (χ4n) is 0.974. The molecule has 0 spiro atoms. The minimum Gasteiger partial charge on any atom is -0.424 e. The van der Waals surface area contributed by atoms with Crippen molar-refractivity contribution in [2.24, 2.45) is 0 Å². The van der Waals surface area contributed by atoms with Crippen molar-refractivity contribution in [3.8, 4) is 5.75 Å². The molecular weight excluding hydrogens is 252 g/mol. The van der Waals surface area contributed by atoms with Crippen molar-refractivity contribution in [3.05, 3.63) is 30.3 Å². The summed E-state index contributed by atoms with van der Waals surface area (Å²) >= 11 is 0. The van der Waals surface area contributed by atoms with E-state index in [0.717, 1.165) is 0 Å². The molecule has 0 amide bonds. The van der Waals surface area contributed by atoms with Crippen LogP contribution in [0.25, 0.3) is 0 Å². The molecule has 1 N–H and O–H groups in total. The first kappa shape index (κ1) is 13.8. The SMILES string of the molecule is CCCP(=O)(O)Oc1ccccc1.[Zn]. The molecule has 14 heavy (non-hydrogen) atoms. The van der Waals surface area contributed by atoms with E-state index in [4.69, 9.17) is 4.52 Å². The summed E-state index contributed by atoms with van der Waals surface area (Å²) in [5.41, 5.74) is 0. The first-order chi connectivity index (χ1) is 6.14. The van der Waals surface area contributed by atoms with Crippen LogP contribution >= 0.6 is 7.60 Å². The molecule has 0 fully saturated rings. The van der Waals surface area contributed by atoms with Crippen molar-refractivity contribution in [1.82, 2.24) is 0 Å². The van der Waals surface area contributed by atoms with Crippen LogP contribution in [0.15, 0.2) is 30.3 Å². The minimum absolute atomic E-state index is 0. The van der Waals surface area contributed by atoms with Crippen molar-refractivity contribution < 1.29 is 33.5 Å². The fraction of sp³-hybridized carbons (Fsp3) is 0.333. The van der Waals surface area contributed by atoms with E-state index in [2.05, 4.69) is 0 Å². The predicted molar refractivity (Wildman–Crippen MR) is 52.1 cm³/mol. The normalized spacial score (nSPS) is 13.9. The van der Waals surface area contributed by atoms with Gasteiger partial charge in [-0.05, 0) is 18.6 Å². The van der Waals surface area contributed by atoms with Gasteiger partial charge in [0.15, 0.2) is 0 Å². The third kappa shape index (κ3) is 4.90.